The summed E-state index contributed by atoms with van der Waals surface area (Å²) in [5, 5.41) is 2.01. The highest BCUT2D eigenvalue weighted by Crippen LogP contribution is 2.05. The maximum atomic E-state index is 11.4. The van der Waals surface area contributed by atoms with Crippen molar-refractivity contribution in [2.45, 2.75) is 20.4 Å². The van der Waals surface area contributed by atoms with Crippen LogP contribution in [0.3, 0.4) is 0 Å². The Morgan fingerprint density at radius 1 is 1.64 bits per heavy atom. The summed E-state index contributed by atoms with van der Waals surface area (Å²) in [6, 6.07) is 0. The van der Waals surface area contributed by atoms with Crippen LogP contribution in [-0.2, 0) is 11.3 Å². The predicted molar refractivity (Wildman–Crippen MR) is 58.3 cm³/mol. The van der Waals surface area contributed by atoms with Crippen LogP contribution in [-0.4, -0.2) is 29.3 Å². The molecule has 0 aliphatic carbocycles. The number of likely N-dealkylation sites (N-methyl/N-ethyl adjacent to an activating group) is 1. The lowest BCUT2D eigenvalue weighted by atomic mass is 10.1. The Balaban J connectivity index is 2.36. The highest BCUT2D eigenvalue weighted by molar-refractivity contribution is 7.07. The zero-order valence-electron chi connectivity index (χ0n) is 8.86. The minimum absolute atomic E-state index is 0.118. The molecule has 1 aromatic rings. The lowest BCUT2D eigenvalue weighted by molar-refractivity contribution is -0.122. The third-order valence-corrected chi connectivity index (χ3v) is 2.62. The minimum Gasteiger partial charge on any atom is -0.298 e. The molecule has 0 saturated heterocycles. The number of hydrogen-bond acceptors (Lipinski definition) is 4. The number of carbonyl (C=O) groups excluding carboxylic acids is 1. The first-order valence-electron chi connectivity index (χ1n) is 4.68. The third-order valence-electron chi connectivity index (χ3n) is 1.99. The molecule has 0 aromatic carbocycles. The van der Waals surface area contributed by atoms with Crippen LogP contribution in [0.4, 0.5) is 0 Å². The van der Waals surface area contributed by atoms with E-state index in [0.717, 1.165) is 12.2 Å². The summed E-state index contributed by atoms with van der Waals surface area (Å²) in [4.78, 5) is 17.6. The summed E-state index contributed by atoms with van der Waals surface area (Å²) in [5.41, 5.74) is 2.85. The largest absolute Gasteiger partial charge is 0.298 e. The second-order valence-corrected chi connectivity index (χ2v) is 4.49. The standard InChI is InChI=1S/C10H16N2OS/c1-8(2)10(13)5-12(3)4-9-6-14-7-11-9/h6-8H,4-5H2,1-3H3. The van der Waals surface area contributed by atoms with Gasteiger partial charge in [-0.05, 0) is 7.05 Å². The van der Waals surface area contributed by atoms with Gasteiger partial charge in [0.25, 0.3) is 0 Å². The minimum atomic E-state index is 0.118. The van der Waals surface area contributed by atoms with Gasteiger partial charge in [-0.1, -0.05) is 13.8 Å². The summed E-state index contributed by atoms with van der Waals surface area (Å²) in [7, 11) is 1.94. The Kier molecular flexibility index (Phi) is 4.22. The molecule has 0 aliphatic heterocycles. The average molecular weight is 212 g/mol. The van der Waals surface area contributed by atoms with Crippen molar-refractivity contribution in [1.82, 2.24) is 9.88 Å². The van der Waals surface area contributed by atoms with E-state index in [1.807, 2.05) is 36.7 Å². The van der Waals surface area contributed by atoms with Crippen molar-refractivity contribution < 1.29 is 4.79 Å². The Morgan fingerprint density at radius 2 is 2.36 bits per heavy atom. The highest BCUT2D eigenvalue weighted by Gasteiger charge is 2.10. The first-order chi connectivity index (χ1) is 6.59. The third kappa shape index (κ3) is 3.55. The van der Waals surface area contributed by atoms with Gasteiger partial charge in [-0.2, -0.15) is 0 Å². The summed E-state index contributed by atoms with van der Waals surface area (Å²) < 4.78 is 0. The zero-order valence-corrected chi connectivity index (χ0v) is 9.67. The first-order valence-corrected chi connectivity index (χ1v) is 5.62. The van der Waals surface area contributed by atoms with Crippen molar-refractivity contribution in [3.8, 4) is 0 Å². The Bertz CT molecular complexity index is 282. The Labute approximate surface area is 88.8 Å². The number of ketones is 1. The summed E-state index contributed by atoms with van der Waals surface area (Å²) in [6.07, 6.45) is 0. The normalized spacial score (nSPS) is 11.2. The number of hydrogen-bond donors (Lipinski definition) is 0. The molecule has 0 aliphatic rings. The second-order valence-electron chi connectivity index (χ2n) is 3.77. The summed E-state index contributed by atoms with van der Waals surface area (Å²) in [5.74, 6) is 0.399. The van der Waals surface area contributed by atoms with Gasteiger partial charge in [-0.3, -0.25) is 9.69 Å². The molecule has 1 heterocycles. The molecule has 1 rings (SSSR count). The van der Waals surface area contributed by atoms with Crippen molar-refractivity contribution in [2.24, 2.45) is 5.92 Å². The number of rotatable bonds is 5. The number of Topliss-reactive ketones (excluding diaryl/α,β-unsaturated/α-hetero) is 1. The maximum absolute atomic E-state index is 11.4. The Morgan fingerprint density at radius 3 is 2.86 bits per heavy atom. The van der Waals surface area contributed by atoms with Crippen LogP contribution in [0.5, 0.6) is 0 Å². The SMILES string of the molecule is CC(C)C(=O)CN(C)Cc1cscn1. The number of carbonyl (C=O) groups is 1. The molecule has 0 amide bonds. The van der Waals surface area contributed by atoms with Crippen molar-refractivity contribution >= 4 is 17.1 Å². The van der Waals surface area contributed by atoms with Gasteiger partial charge in [0.05, 0.1) is 17.7 Å². The highest BCUT2D eigenvalue weighted by atomic mass is 32.1. The van der Waals surface area contributed by atoms with E-state index in [2.05, 4.69) is 4.98 Å². The molecule has 0 spiro atoms. The molecule has 0 radical (unpaired) electrons. The lowest BCUT2D eigenvalue weighted by Gasteiger charge is -2.15. The molecule has 14 heavy (non-hydrogen) atoms. The molecule has 0 N–H and O–H groups in total. The topological polar surface area (TPSA) is 33.2 Å². The average Bonchev–Trinajstić information content (AvgIpc) is 2.56. The molecule has 3 nitrogen and oxygen atoms in total. The van der Waals surface area contributed by atoms with Gasteiger partial charge in [0.2, 0.25) is 0 Å². The smallest absolute Gasteiger partial charge is 0.149 e. The van der Waals surface area contributed by atoms with Crippen LogP contribution < -0.4 is 0 Å². The van der Waals surface area contributed by atoms with Crippen LogP contribution in [0.2, 0.25) is 0 Å². The van der Waals surface area contributed by atoms with Crippen molar-refractivity contribution in [3.63, 3.8) is 0 Å². The van der Waals surface area contributed by atoms with Crippen LogP contribution in [0.25, 0.3) is 0 Å². The first kappa shape index (κ1) is 11.3. The van der Waals surface area contributed by atoms with E-state index in [9.17, 15) is 4.79 Å². The van der Waals surface area contributed by atoms with Gasteiger partial charge in [-0.25, -0.2) is 4.98 Å². The zero-order chi connectivity index (χ0) is 10.6. The molecule has 0 unspecified atom stereocenters. The molecule has 0 atom stereocenters. The monoisotopic (exact) mass is 212 g/mol. The molecular weight excluding hydrogens is 196 g/mol. The van der Waals surface area contributed by atoms with Crippen LogP contribution in [0.1, 0.15) is 19.5 Å². The van der Waals surface area contributed by atoms with Crippen LogP contribution in [0, 0.1) is 5.92 Å². The fraction of sp³-hybridized carbons (Fsp3) is 0.600. The van der Waals surface area contributed by atoms with E-state index in [-0.39, 0.29) is 11.7 Å². The van der Waals surface area contributed by atoms with Crippen LogP contribution in [0.15, 0.2) is 10.9 Å². The maximum Gasteiger partial charge on any atom is 0.149 e. The Hall–Kier alpha value is -0.740. The van der Waals surface area contributed by atoms with Gasteiger partial charge in [0.15, 0.2) is 0 Å². The second kappa shape index (κ2) is 5.22. The van der Waals surface area contributed by atoms with E-state index in [4.69, 9.17) is 0 Å². The van der Waals surface area contributed by atoms with Gasteiger partial charge in [0.1, 0.15) is 5.78 Å². The molecule has 0 bridgehead atoms. The van der Waals surface area contributed by atoms with E-state index in [0.29, 0.717) is 6.54 Å². The quantitative estimate of drug-likeness (QED) is 0.746. The fourth-order valence-corrected chi connectivity index (χ4v) is 1.65. The van der Waals surface area contributed by atoms with E-state index < -0.39 is 0 Å². The fourth-order valence-electron chi connectivity index (χ4n) is 1.10. The van der Waals surface area contributed by atoms with Crippen molar-refractivity contribution in [1.29, 1.82) is 0 Å². The molecule has 1 aromatic heterocycles. The molecular formula is C10H16N2OS. The van der Waals surface area contributed by atoms with E-state index >= 15 is 0 Å². The molecule has 4 heteroatoms. The van der Waals surface area contributed by atoms with Crippen molar-refractivity contribution in [3.05, 3.63) is 16.6 Å². The van der Waals surface area contributed by atoms with E-state index in [1.165, 1.54) is 0 Å². The van der Waals surface area contributed by atoms with Gasteiger partial charge in [-0.15, -0.1) is 11.3 Å². The molecule has 0 fully saturated rings. The number of thiazole rings is 1. The summed E-state index contributed by atoms with van der Waals surface area (Å²) >= 11 is 1.58. The number of aromatic nitrogens is 1. The van der Waals surface area contributed by atoms with Gasteiger partial charge >= 0.3 is 0 Å². The van der Waals surface area contributed by atoms with Crippen LogP contribution >= 0.6 is 11.3 Å². The van der Waals surface area contributed by atoms with Gasteiger partial charge in [0, 0.05) is 17.8 Å². The molecule has 78 valence electrons. The van der Waals surface area contributed by atoms with Gasteiger partial charge < -0.3 is 0 Å². The summed E-state index contributed by atoms with van der Waals surface area (Å²) in [6.45, 7) is 5.12. The molecule has 0 saturated carbocycles. The van der Waals surface area contributed by atoms with E-state index in [1.54, 1.807) is 11.3 Å². The predicted octanol–water partition coefficient (Wildman–Crippen LogP) is 1.80. The number of nitrogens with zero attached hydrogens (tertiary/aromatic N) is 2. The van der Waals surface area contributed by atoms with Crippen molar-refractivity contribution in [2.75, 3.05) is 13.6 Å². The lowest BCUT2D eigenvalue weighted by Crippen LogP contribution is -2.28.